The highest BCUT2D eigenvalue weighted by Gasteiger charge is 2.43. The molecule has 2 rings (SSSR count). The summed E-state index contributed by atoms with van der Waals surface area (Å²) in [6.07, 6.45) is -0.497. The highest BCUT2D eigenvalue weighted by molar-refractivity contribution is 8.77. The SMILES string of the molecule is CCC#Cc1cn(C[C@H]2C[C@@H](OCSSC(C)(C)C)[C@@H](COP(=O)(O)OP(=O)(O)OP(=O)(O)O)O2)c(=O)[nH]c1=O. The third-order valence-corrected chi connectivity index (χ3v) is 11.3. The molecule has 1 aromatic rings. The topological polar surface area (TPSA) is 233 Å². The number of nitrogens with zero attached hydrogens (tertiary/aromatic N) is 1. The van der Waals surface area contributed by atoms with Gasteiger partial charge in [0.25, 0.3) is 5.56 Å². The van der Waals surface area contributed by atoms with Gasteiger partial charge >= 0.3 is 29.2 Å². The van der Waals surface area contributed by atoms with Crippen molar-refractivity contribution in [1.82, 2.24) is 9.55 Å². The molecular weight excluding hydrogens is 637 g/mol. The van der Waals surface area contributed by atoms with Crippen LogP contribution >= 0.6 is 45.1 Å². The molecule has 5 N–H and O–H groups in total. The third kappa shape index (κ3) is 13.1. The molecule has 228 valence electrons. The van der Waals surface area contributed by atoms with E-state index in [-0.39, 0.29) is 29.2 Å². The fraction of sp³-hybridized carbons (Fsp3) is 0.684. The van der Waals surface area contributed by atoms with Gasteiger partial charge in [0.2, 0.25) is 0 Å². The van der Waals surface area contributed by atoms with Gasteiger partial charge in [0.05, 0.1) is 25.4 Å². The first kappa shape index (κ1) is 35.5. The summed E-state index contributed by atoms with van der Waals surface area (Å²) in [5.41, 5.74) is -1.27. The molecule has 0 spiro atoms. The molecule has 0 aromatic carbocycles. The lowest BCUT2D eigenvalue weighted by Gasteiger charge is -2.22. The molecule has 2 heterocycles. The van der Waals surface area contributed by atoms with Crippen LogP contribution in [0.4, 0.5) is 0 Å². The van der Waals surface area contributed by atoms with Gasteiger partial charge in [0.15, 0.2) is 0 Å². The zero-order chi connectivity index (χ0) is 30.4. The predicted molar refractivity (Wildman–Crippen MR) is 146 cm³/mol. The molecular formula is C19H31N2O14P3S2. The quantitative estimate of drug-likeness (QED) is 0.0667. The minimum atomic E-state index is -5.69. The number of aromatic nitrogens is 2. The molecule has 0 saturated carbocycles. The van der Waals surface area contributed by atoms with Gasteiger partial charge in [-0.2, -0.15) is 8.62 Å². The van der Waals surface area contributed by atoms with E-state index in [1.165, 1.54) is 21.6 Å². The molecule has 0 aliphatic carbocycles. The van der Waals surface area contributed by atoms with Crippen LogP contribution in [0.1, 0.15) is 46.1 Å². The maximum absolute atomic E-state index is 12.3. The van der Waals surface area contributed by atoms with E-state index in [0.29, 0.717) is 6.42 Å². The molecule has 1 aliphatic heterocycles. The maximum atomic E-state index is 12.3. The second-order valence-electron chi connectivity index (χ2n) is 9.17. The van der Waals surface area contributed by atoms with E-state index in [4.69, 9.17) is 23.8 Å². The Morgan fingerprint density at radius 3 is 2.42 bits per heavy atom. The number of hydrogen-bond acceptors (Lipinski definition) is 12. The molecule has 1 saturated heterocycles. The monoisotopic (exact) mass is 668 g/mol. The smallest absolute Gasteiger partial charge is 0.368 e. The van der Waals surface area contributed by atoms with Gasteiger partial charge in [0.1, 0.15) is 17.6 Å². The number of rotatable bonds is 13. The Bertz CT molecular complexity index is 1340. The summed E-state index contributed by atoms with van der Waals surface area (Å²) in [6.45, 7) is 7.05. The summed E-state index contributed by atoms with van der Waals surface area (Å²) in [6, 6.07) is 0. The van der Waals surface area contributed by atoms with E-state index >= 15 is 0 Å². The first-order valence-electron chi connectivity index (χ1n) is 11.5. The average molecular weight is 669 g/mol. The summed E-state index contributed by atoms with van der Waals surface area (Å²) in [5, 5.41) is 0. The Kier molecular flexibility index (Phi) is 13.0. The van der Waals surface area contributed by atoms with Crippen molar-refractivity contribution in [3.63, 3.8) is 0 Å². The Labute approximate surface area is 237 Å². The lowest BCUT2D eigenvalue weighted by atomic mass is 10.1. The highest BCUT2D eigenvalue weighted by atomic mass is 33.1. The van der Waals surface area contributed by atoms with Gasteiger partial charge in [-0.15, -0.1) is 0 Å². The number of phosphoric acid groups is 3. The van der Waals surface area contributed by atoms with Crippen LogP contribution in [0, 0.1) is 11.8 Å². The summed E-state index contributed by atoms with van der Waals surface area (Å²) in [7, 11) is -13.7. The maximum Gasteiger partial charge on any atom is 0.490 e. The Morgan fingerprint density at radius 1 is 1.15 bits per heavy atom. The predicted octanol–water partition coefficient (Wildman–Crippen LogP) is 2.32. The lowest BCUT2D eigenvalue weighted by Crippen LogP contribution is -2.34. The fourth-order valence-electron chi connectivity index (χ4n) is 3.16. The average Bonchev–Trinajstić information content (AvgIpc) is 3.15. The number of ether oxygens (including phenoxy) is 2. The van der Waals surface area contributed by atoms with Crippen LogP contribution in [0.25, 0.3) is 0 Å². The Morgan fingerprint density at radius 2 is 1.82 bits per heavy atom. The Hall–Kier alpha value is -0.730. The number of hydrogen-bond donors (Lipinski definition) is 5. The second kappa shape index (κ2) is 14.6. The third-order valence-electron chi connectivity index (χ3n) is 4.55. The molecule has 1 fully saturated rings. The van der Waals surface area contributed by atoms with Crippen molar-refractivity contribution in [2.45, 2.75) is 70.1 Å². The first-order chi connectivity index (χ1) is 18.3. The molecule has 1 aromatic heterocycles. The zero-order valence-corrected chi connectivity index (χ0v) is 26.1. The van der Waals surface area contributed by atoms with Crippen molar-refractivity contribution in [2.24, 2.45) is 0 Å². The minimum absolute atomic E-state index is 0.0497. The summed E-state index contributed by atoms with van der Waals surface area (Å²) in [5.74, 6) is 5.60. The van der Waals surface area contributed by atoms with Crippen LogP contribution in [0.2, 0.25) is 0 Å². The lowest BCUT2D eigenvalue weighted by molar-refractivity contribution is -0.0389. The number of H-pyrrole nitrogens is 1. The zero-order valence-electron chi connectivity index (χ0n) is 21.8. The highest BCUT2D eigenvalue weighted by Crippen LogP contribution is 2.66. The summed E-state index contributed by atoms with van der Waals surface area (Å²) in [4.78, 5) is 63.0. The van der Waals surface area contributed by atoms with Crippen molar-refractivity contribution < 1.29 is 55.9 Å². The molecule has 1 aliphatic rings. The van der Waals surface area contributed by atoms with Crippen molar-refractivity contribution in [3.8, 4) is 11.8 Å². The van der Waals surface area contributed by atoms with E-state index in [2.05, 4.69) is 25.4 Å². The van der Waals surface area contributed by atoms with Gasteiger partial charge in [-0.1, -0.05) is 61.1 Å². The van der Waals surface area contributed by atoms with Crippen LogP contribution in [0.3, 0.4) is 0 Å². The van der Waals surface area contributed by atoms with E-state index < -0.39 is 59.6 Å². The molecule has 2 unspecified atom stereocenters. The van der Waals surface area contributed by atoms with Gasteiger partial charge in [-0.25, -0.2) is 18.5 Å². The van der Waals surface area contributed by atoms with Crippen LogP contribution in [-0.2, 0) is 42.9 Å². The van der Waals surface area contributed by atoms with Crippen LogP contribution in [0.5, 0.6) is 0 Å². The Balaban J connectivity index is 2.15. The number of nitrogens with one attached hydrogen (secondary N) is 1. The molecule has 40 heavy (non-hydrogen) atoms. The van der Waals surface area contributed by atoms with Gasteiger partial charge in [-0.05, 0) is 0 Å². The van der Waals surface area contributed by atoms with Crippen LogP contribution < -0.4 is 11.2 Å². The minimum Gasteiger partial charge on any atom is -0.368 e. The van der Waals surface area contributed by atoms with Gasteiger partial charge in [0, 0.05) is 23.8 Å². The fourth-order valence-corrected chi connectivity index (χ4v) is 8.20. The molecule has 16 nitrogen and oxygen atoms in total. The van der Waals surface area contributed by atoms with Crippen LogP contribution in [0.15, 0.2) is 15.8 Å². The number of aromatic amines is 1. The first-order valence-corrected chi connectivity index (χ1v) is 18.3. The number of phosphoric ester groups is 1. The molecule has 0 radical (unpaired) electrons. The van der Waals surface area contributed by atoms with E-state index in [9.17, 15) is 33.1 Å². The molecule has 0 bridgehead atoms. The summed E-state index contributed by atoms with van der Waals surface area (Å²) < 4.78 is 59.6. The van der Waals surface area contributed by atoms with Crippen molar-refractivity contribution in [2.75, 3.05) is 12.5 Å². The molecule has 21 heteroatoms. The standard InChI is InChI=1S/C19H31N2O14P3S2/c1-5-6-7-13-9-21(18(23)20-17(13)22)10-14-8-15(31-12-39-40-19(2,3)4)16(33-14)11-32-37(27,28)35-38(29,30)34-36(24,25)26/h9,14-16H,5,8,10-12H2,1-4H3,(H,27,28)(H,29,30)(H,20,22,23)(H2,24,25,26)/t14-,15-,16-/m1/s1. The van der Waals surface area contributed by atoms with Gasteiger partial charge < -0.3 is 29.0 Å². The normalized spacial score (nSPS) is 22.8. The van der Waals surface area contributed by atoms with Crippen LogP contribution in [-0.4, -0.2) is 64.7 Å². The van der Waals surface area contributed by atoms with Crippen molar-refractivity contribution >= 4 is 45.1 Å². The summed E-state index contributed by atoms with van der Waals surface area (Å²) >= 11 is 0. The van der Waals surface area contributed by atoms with E-state index in [1.807, 2.05) is 20.8 Å². The largest absolute Gasteiger partial charge is 0.490 e. The van der Waals surface area contributed by atoms with E-state index in [0.717, 1.165) is 0 Å². The van der Waals surface area contributed by atoms with Gasteiger partial charge in [-0.3, -0.25) is 18.9 Å². The van der Waals surface area contributed by atoms with Crippen molar-refractivity contribution in [1.29, 1.82) is 0 Å². The van der Waals surface area contributed by atoms with E-state index in [1.54, 1.807) is 17.7 Å². The molecule has 0 amide bonds. The van der Waals surface area contributed by atoms with Crippen molar-refractivity contribution in [3.05, 3.63) is 32.6 Å². The second-order valence-corrected chi connectivity index (χ2v) is 16.7. The molecule has 5 atom stereocenters.